The maximum atomic E-state index is 12.8. The average molecular weight is 433 g/mol. The summed E-state index contributed by atoms with van der Waals surface area (Å²) in [5.41, 5.74) is 6.91. The van der Waals surface area contributed by atoms with E-state index in [4.69, 9.17) is 16.1 Å². The van der Waals surface area contributed by atoms with Crippen LogP contribution in [0.3, 0.4) is 0 Å². The molecule has 166 valence electrons. The molecule has 0 radical (unpaired) electrons. The van der Waals surface area contributed by atoms with Crippen molar-refractivity contribution in [2.45, 2.75) is 57.7 Å². The molecule has 3 aromatic rings. The molecule has 1 saturated carbocycles. The first kappa shape index (κ1) is 21.9. The highest BCUT2D eigenvalue weighted by atomic mass is 16.3. The van der Waals surface area contributed by atoms with Gasteiger partial charge in [-0.1, -0.05) is 6.07 Å². The molecule has 8 nitrogen and oxygen atoms in total. The number of hydrogen-bond donors (Lipinski definition) is 3. The molecule has 0 saturated heterocycles. The standard InChI is InChI=1S/C24H28N6O2/c1-23(2,26)15-9-17(10-15)30-13-14-8-21(18(24(3,4)32)11-20(14)29-30)28-22(31)19-7-5-6-16(12-25)27-19/h5-8,11,13,15,17,32H,9-10,26H2,1-4H3,(H,28,31)/t15-,17-. The van der Waals surface area contributed by atoms with E-state index in [-0.39, 0.29) is 23.0 Å². The summed E-state index contributed by atoms with van der Waals surface area (Å²) in [4.78, 5) is 16.9. The SMILES string of the molecule is CC(C)(O)c1cc2nn([C@H]3C[C@H](C(C)(C)N)C3)cc2cc1NC(=O)c1cccc(C#N)n1. The number of benzene rings is 1. The number of carbonyl (C=O) groups excluding carboxylic acids is 1. The lowest BCUT2D eigenvalue weighted by Crippen LogP contribution is -2.47. The molecule has 8 heteroatoms. The minimum Gasteiger partial charge on any atom is -0.386 e. The molecule has 1 aromatic carbocycles. The Labute approximate surface area is 187 Å². The lowest BCUT2D eigenvalue weighted by molar-refractivity contribution is 0.0793. The molecule has 2 aromatic heterocycles. The molecule has 1 fully saturated rings. The van der Waals surface area contributed by atoms with E-state index >= 15 is 0 Å². The monoisotopic (exact) mass is 432 g/mol. The largest absolute Gasteiger partial charge is 0.386 e. The fraction of sp³-hybridized carbons (Fsp3) is 0.417. The van der Waals surface area contributed by atoms with Crippen LogP contribution in [0.25, 0.3) is 10.9 Å². The van der Waals surface area contributed by atoms with E-state index in [2.05, 4.69) is 24.1 Å². The summed E-state index contributed by atoms with van der Waals surface area (Å²) < 4.78 is 1.96. The van der Waals surface area contributed by atoms with E-state index in [1.807, 2.05) is 29.1 Å². The fourth-order valence-electron chi connectivity index (χ4n) is 4.11. The summed E-state index contributed by atoms with van der Waals surface area (Å²) in [5, 5.41) is 28.2. The van der Waals surface area contributed by atoms with E-state index in [9.17, 15) is 9.90 Å². The molecule has 0 spiro atoms. The van der Waals surface area contributed by atoms with Crippen molar-refractivity contribution >= 4 is 22.5 Å². The number of fused-ring (bicyclic) bond motifs is 1. The van der Waals surface area contributed by atoms with Crippen molar-refractivity contribution in [1.82, 2.24) is 14.8 Å². The summed E-state index contributed by atoms with van der Waals surface area (Å²) in [6.45, 7) is 7.43. The topological polar surface area (TPSA) is 130 Å². The summed E-state index contributed by atoms with van der Waals surface area (Å²) in [5.74, 6) is 0.00428. The number of nitrogens with one attached hydrogen (secondary N) is 1. The van der Waals surface area contributed by atoms with Crippen LogP contribution in [0.4, 0.5) is 5.69 Å². The molecule has 1 aliphatic carbocycles. The highest BCUT2D eigenvalue weighted by Gasteiger charge is 2.39. The molecular weight excluding hydrogens is 404 g/mol. The van der Waals surface area contributed by atoms with E-state index in [1.165, 1.54) is 6.07 Å². The van der Waals surface area contributed by atoms with Crippen LogP contribution in [-0.2, 0) is 5.60 Å². The van der Waals surface area contributed by atoms with Gasteiger partial charge in [-0.2, -0.15) is 10.4 Å². The zero-order valence-electron chi connectivity index (χ0n) is 18.8. The second kappa shape index (κ2) is 7.69. The van der Waals surface area contributed by atoms with Crippen molar-refractivity contribution < 1.29 is 9.90 Å². The number of rotatable bonds is 5. The predicted molar refractivity (Wildman–Crippen MR) is 122 cm³/mol. The maximum Gasteiger partial charge on any atom is 0.274 e. The molecule has 2 heterocycles. The number of hydrogen-bond acceptors (Lipinski definition) is 6. The zero-order valence-corrected chi connectivity index (χ0v) is 18.8. The molecule has 4 rings (SSSR count). The third kappa shape index (κ3) is 4.22. The van der Waals surface area contributed by atoms with Crippen LogP contribution < -0.4 is 11.1 Å². The Hall–Kier alpha value is -3.28. The van der Waals surface area contributed by atoms with Gasteiger partial charge in [0.1, 0.15) is 17.5 Å². The highest BCUT2D eigenvalue weighted by Crippen LogP contribution is 2.43. The van der Waals surface area contributed by atoms with Crippen molar-refractivity contribution in [1.29, 1.82) is 5.26 Å². The first-order chi connectivity index (χ1) is 15.0. The van der Waals surface area contributed by atoms with E-state index in [0.29, 0.717) is 17.2 Å². The molecule has 0 bridgehead atoms. The zero-order chi connectivity index (χ0) is 23.3. The van der Waals surface area contributed by atoms with Gasteiger partial charge >= 0.3 is 0 Å². The van der Waals surface area contributed by atoms with Crippen LogP contribution in [-0.4, -0.2) is 31.3 Å². The second-order valence-corrected chi connectivity index (χ2v) is 9.74. The van der Waals surface area contributed by atoms with Crippen LogP contribution in [0.15, 0.2) is 36.5 Å². The number of anilines is 1. The summed E-state index contributed by atoms with van der Waals surface area (Å²) >= 11 is 0. The van der Waals surface area contributed by atoms with Crippen LogP contribution in [0, 0.1) is 17.2 Å². The second-order valence-electron chi connectivity index (χ2n) is 9.74. The Kier molecular flexibility index (Phi) is 5.27. The quantitative estimate of drug-likeness (QED) is 0.566. The van der Waals surface area contributed by atoms with Crippen molar-refractivity contribution in [2.75, 3.05) is 5.32 Å². The van der Waals surface area contributed by atoms with Crippen LogP contribution >= 0.6 is 0 Å². The Balaban J connectivity index is 1.65. The summed E-state index contributed by atoms with van der Waals surface area (Å²) in [6, 6.07) is 10.5. The molecule has 0 atom stereocenters. The van der Waals surface area contributed by atoms with E-state index in [1.54, 1.807) is 26.0 Å². The smallest absolute Gasteiger partial charge is 0.274 e. The predicted octanol–water partition coefficient (Wildman–Crippen LogP) is 3.47. The fourth-order valence-corrected chi connectivity index (χ4v) is 4.11. The minimum absolute atomic E-state index is 0.131. The minimum atomic E-state index is -1.20. The van der Waals surface area contributed by atoms with E-state index in [0.717, 1.165) is 23.7 Å². The highest BCUT2D eigenvalue weighted by molar-refractivity contribution is 6.04. The summed E-state index contributed by atoms with van der Waals surface area (Å²) in [7, 11) is 0. The van der Waals surface area contributed by atoms with Gasteiger partial charge in [0.05, 0.1) is 17.2 Å². The number of aliphatic hydroxyl groups is 1. The molecule has 32 heavy (non-hydrogen) atoms. The Morgan fingerprint density at radius 2 is 2.00 bits per heavy atom. The van der Waals surface area contributed by atoms with Crippen molar-refractivity contribution in [3.05, 3.63) is 53.5 Å². The number of aromatic nitrogens is 3. The Bertz CT molecular complexity index is 1220. The van der Waals surface area contributed by atoms with Crippen molar-refractivity contribution in [3.63, 3.8) is 0 Å². The molecule has 0 unspecified atom stereocenters. The lowest BCUT2D eigenvalue weighted by atomic mass is 9.70. The number of carbonyl (C=O) groups is 1. The number of pyridine rings is 1. The van der Waals surface area contributed by atoms with E-state index < -0.39 is 11.5 Å². The van der Waals surface area contributed by atoms with Gasteiger partial charge in [0.25, 0.3) is 5.91 Å². The number of nitrogens with zero attached hydrogens (tertiary/aromatic N) is 4. The molecular formula is C24H28N6O2. The lowest BCUT2D eigenvalue weighted by Gasteiger charge is -2.43. The summed E-state index contributed by atoms with van der Waals surface area (Å²) in [6.07, 6.45) is 3.92. The van der Waals surface area contributed by atoms with Gasteiger partial charge in [0.2, 0.25) is 0 Å². The molecule has 0 aliphatic heterocycles. The first-order valence-electron chi connectivity index (χ1n) is 10.7. The van der Waals surface area contributed by atoms with Gasteiger partial charge in [0.15, 0.2) is 0 Å². The number of nitrogens with two attached hydrogens (primary N) is 1. The first-order valence-corrected chi connectivity index (χ1v) is 10.7. The van der Waals surface area contributed by atoms with Crippen LogP contribution in [0.2, 0.25) is 0 Å². The molecule has 1 amide bonds. The van der Waals surface area contributed by atoms with Crippen molar-refractivity contribution in [2.24, 2.45) is 11.7 Å². The Morgan fingerprint density at radius 3 is 2.62 bits per heavy atom. The average Bonchev–Trinajstić information content (AvgIpc) is 3.06. The maximum absolute atomic E-state index is 12.8. The van der Waals surface area contributed by atoms with Gasteiger partial charge in [0, 0.05) is 28.4 Å². The third-order valence-corrected chi connectivity index (χ3v) is 6.20. The molecule has 1 aliphatic rings. The number of nitriles is 1. The van der Waals surface area contributed by atoms with Gasteiger partial charge in [-0.3, -0.25) is 9.48 Å². The van der Waals surface area contributed by atoms with Crippen molar-refractivity contribution in [3.8, 4) is 6.07 Å². The van der Waals surface area contributed by atoms with Crippen LogP contribution in [0.1, 0.15) is 68.3 Å². The van der Waals surface area contributed by atoms with Gasteiger partial charge in [-0.25, -0.2) is 4.98 Å². The molecule has 4 N–H and O–H groups in total. The van der Waals surface area contributed by atoms with Crippen LogP contribution in [0.5, 0.6) is 0 Å². The third-order valence-electron chi connectivity index (χ3n) is 6.20. The normalized spacial score (nSPS) is 18.8. The van der Waals surface area contributed by atoms with Gasteiger partial charge in [-0.15, -0.1) is 0 Å². The number of amides is 1. The Morgan fingerprint density at radius 1 is 1.28 bits per heavy atom. The van der Waals surface area contributed by atoms with Gasteiger partial charge < -0.3 is 16.2 Å². The van der Waals surface area contributed by atoms with Gasteiger partial charge in [-0.05, 0) is 70.7 Å².